The Bertz CT molecular complexity index is 1330. The first-order valence-electron chi connectivity index (χ1n) is 12.2. The van der Waals surface area contributed by atoms with Crippen LogP contribution < -0.4 is 5.32 Å². The van der Waals surface area contributed by atoms with Crippen molar-refractivity contribution < 1.29 is 32.3 Å². The third-order valence-electron chi connectivity index (χ3n) is 7.46. The molecule has 1 aliphatic heterocycles. The summed E-state index contributed by atoms with van der Waals surface area (Å²) in [5, 5.41) is 16.8. The number of hydrogen-bond acceptors (Lipinski definition) is 3. The fourth-order valence-electron chi connectivity index (χ4n) is 5.64. The van der Waals surface area contributed by atoms with E-state index in [9.17, 15) is 32.3 Å². The molecule has 1 aromatic heterocycles. The minimum absolute atomic E-state index is 0.280. The van der Waals surface area contributed by atoms with E-state index < -0.39 is 52.9 Å². The molecule has 1 amide bonds. The molecule has 1 aliphatic carbocycles. The third kappa shape index (κ3) is 4.84. The number of carboxylic acids is 1. The number of benzene rings is 2. The van der Waals surface area contributed by atoms with Crippen LogP contribution in [0.2, 0.25) is 0 Å². The fourth-order valence-corrected chi connectivity index (χ4v) is 5.64. The van der Waals surface area contributed by atoms with Gasteiger partial charge in [0.1, 0.15) is 5.82 Å². The zero-order valence-corrected chi connectivity index (χ0v) is 19.8. The number of halogens is 4. The Balaban J connectivity index is 1.36. The van der Waals surface area contributed by atoms with E-state index in [1.807, 2.05) is 35.1 Å². The van der Waals surface area contributed by atoms with E-state index in [0.717, 1.165) is 42.1 Å². The van der Waals surface area contributed by atoms with Crippen LogP contribution in [-0.4, -0.2) is 26.8 Å². The first kappa shape index (κ1) is 25.0. The Morgan fingerprint density at radius 1 is 1.05 bits per heavy atom. The number of aromatic nitrogens is 2. The predicted octanol–water partition coefficient (Wildman–Crippen LogP) is 5.88. The number of nitrogens with zero attached hydrogens (tertiary/aromatic N) is 2. The van der Waals surface area contributed by atoms with E-state index in [-0.39, 0.29) is 6.42 Å². The molecule has 5 rings (SSSR count). The number of alkyl halides is 3. The average Bonchev–Trinajstić information content (AvgIpc) is 3.48. The van der Waals surface area contributed by atoms with Gasteiger partial charge in [0.05, 0.1) is 29.3 Å². The lowest BCUT2D eigenvalue weighted by atomic mass is 9.69. The highest BCUT2D eigenvalue weighted by molar-refractivity contribution is 5.95. The standard InChI is InChI=1S/C27H25F4N3O3/c28-21-13-17(27(29,30)31)10-11-22(21)33-25(35)19-4-1-3-18(24(19)26(36)37)15-6-8-16(9-7-15)20-14-32-34-12-2-5-23(20)34/h6-11,13-14,18-19,24H,1-5,12H2,(H,33,35)(H,36,37)/t18-,19-,24-/m1/s1. The van der Waals surface area contributed by atoms with E-state index >= 15 is 0 Å². The molecule has 194 valence electrons. The molecule has 3 aromatic rings. The first-order valence-corrected chi connectivity index (χ1v) is 12.2. The SMILES string of the molecule is O=C(O)[C@@H]1[C@@H](c2ccc(-c3cnn4c3CCC4)cc2)CCC[C@H]1C(=O)Nc1ccc(C(F)(F)F)cc1F. The molecule has 1 fully saturated rings. The molecule has 3 atom stereocenters. The highest BCUT2D eigenvalue weighted by Gasteiger charge is 2.43. The number of anilines is 1. The van der Waals surface area contributed by atoms with Crippen molar-refractivity contribution in [2.24, 2.45) is 11.8 Å². The van der Waals surface area contributed by atoms with Crippen LogP contribution in [0.15, 0.2) is 48.7 Å². The van der Waals surface area contributed by atoms with Gasteiger partial charge in [0, 0.05) is 17.8 Å². The number of hydrogen-bond donors (Lipinski definition) is 2. The fraction of sp³-hybridized carbons (Fsp3) is 0.370. The molecule has 0 saturated heterocycles. The van der Waals surface area contributed by atoms with Crippen molar-refractivity contribution in [2.75, 3.05) is 5.32 Å². The quantitative estimate of drug-likeness (QED) is 0.416. The number of carboxylic acid groups (broad SMARTS) is 1. The van der Waals surface area contributed by atoms with Crippen LogP contribution in [0.5, 0.6) is 0 Å². The molecule has 37 heavy (non-hydrogen) atoms. The monoisotopic (exact) mass is 515 g/mol. The largest absolute Gasteiger partial charge is 0.481 e. The molecule has 2 aromatic carbocycles. The van der Waals surface area contributed by atoms with Gasteiger partial charge in [0.15, 0.2) is 0 Å². The van der Waals surface area contributed by atoms with E-state index in [1.165, 1.54) is 5.69 Å². The van der Waals surface area contributed by atoms with Gasteiger partial charge in [-0.1, -0.05) is 30.7 Å². The summed E-state index contributed by atoms with van der Waals surface area (Å²) in [4.78, 5) is 25.4. The zero-order chi connectivity index (χ0) is 26.3. The normalized spacial score (nSPS) is 21.5. The summed E-state index contributed by atoms with van der Waals surface area (Å²) in [6.45, 7) is 0.898. The van der Waals surface area contributed by atoms with Gasteiger partial charge < -0.3 is 10.4 Å². The summed E-state index contributed by atoms with van der Waals surface area (Å²) in [6.07, 6.45) is 0.557. The lowest BCUT2D eigenvalue weighted by Gasteiger charge is -2.35. The minimum Gasteiger partial charge on any atom is -0.481 e. The number of amides is 1. The van der Waals surface area contributed by atoms with Gasteiger partial charge in [-0.05, 0) is 60.9 Å². The van der Waals surface area contributed by atoms with Crippen LogP contribution in [0.3, 0.4) is 0 Å². The molecular weight excluding hydrogens is 490 g/mol. The van der Waals surface area contributed by atoms with Crippen LogP contribution in [0, 0.1) is 17.7 Å². The maximum absolute atomic E-state index is 14.3. The second-order valence-electron chi connectivity index (χ2n) is 9.64. The van der Waals surface area contributed by atoms with E-state index in [0.29, 0.717) is 25.0 Å². The first-order chi connectivity index (χ1) is 17.6. The van der Waals surface area contributed by atoms with Gasteiger partial charge in [0.2, 0.25) is 5.91 Å². The van der Waals surface area contributed by atoms with E-state index in [4.69, 9.17) is 0 Å². The minimum atomic E-state index is -4.72. The Kier molecular flexibility index (Phi) is 6.51. The lowest BCUT2D eigenvalue weighted by Crippen LogP contribution is -2.40. The number of aryl methyl sites for hydroxylation is 1. The summed E-state index contributed by atoms with van der Waals surface area (Å²) < 4.78 is 54.8. The maximum Gasteiger partial charge on any atom is 0.416 e. The second-order valence-corrected chi connectivity index (χ2v) is 9.64. The molecule has 0 spiro atoms. The van der Waals surface area contributed by atoms with Gasteiger partial charge in [-0.2, -0.15) is 18.3 Å². The highest BCUT2D eigenvalue weighted by Crippen LogP contribution is 2.43. The van der Waals surface area contributed by atoms with Crippen molar-refractivity contribution in [3.05, 3.63) is 71.3 Å². The Labute approximate surface area is 210 Å². The Hall–Kier alpha value is -3.69. The maximum atomic E-state index is 14.3. The number of carbonyl (C=O) groups excluding carboxylic acids is 1. The van der Waals surface area contributed by atoms with Crippen LogP contribution >= 0.6 is 0 Å². The molecule has 10 heteroatoms. The van der Waals surface area contributed by atoms with Crippen LogP contribution in [-0.2, 0) is 28.7 Å². The van der Waals surface area contributed by atoms with Crippen molar-refractivity contribution in [2.45, 2.75) is 50.7 Å². The van der Waals surface area contributed by atoms with Crippen molar-refractivity contribution in [1.29, 1.82) is 0 Å². The lowest BCUT2D eigenvalue weighted by molar-refractivity contribution is -0.148. The summed E-state index contributed by atoms with van der Waals surface area (Å²) in [5.41, 5.74) is 2.43. The Morgan fingerprint density at radius 2 is 1.81 bits per heavy atom. The number of rotatable bonds is 5. The van der Waals surface area contributed by atoms with Crippen molar-refractivity contribution in [3.8, 4) is 11.1 Å². The topological polar surface area (TPSA) is 84.2 Å². The van der Waals surface area contributed by atoms with Crippen molar-refractivity contribution in [1.82, 2.24) is 9.78 Å². The molecule has 6 nitrogen and oxygen atoms in total. The third-order valence-corrected chi connectivity index (χ3v) is 7.46. The molecule has 2 N–H and O–H groups in total. The summed E-state index contributed by atoms with van der Waals surface area (Å²) in [7, 11) is 0. The number of aliphatic carboxylic acids is 1. The predicted molar refractivity (Wildman–Crippen MR) is 127 cm³/mol. The van der Waals surface area contributed by atoms with Gasteiger partial charge >= 0.3 is 12.1 Å². The van der Waals surface area contributed by atoms with Crippen LogP contribution in [0.1, 0.15) is 48.4 Å². The molecule has 1 saturated carbocycles. The van der Waals surface area contributed by atoms with Gasteiger partial charge in [0.25, 0.3) is 0 Å². The Morgan fingerprint density at radius 3 is 2.49 bits per heavy atom. The molecular formula is C27H25F4N3O3. The number of nitrogens with one attached hydrogen (secondary N) is 1. The van der Waals surface area contributed by atoms with Crippen LogP contribution in [0.25, 0.3) is 11.1 Å². The van der Waals surface area contributed by atoms with Crippen molar-refractivity contribution >= 4 is 17.6 Å². The smallest absolute Gasteiger partial charge is 0.416 e. The summed E-state index contributed by atoms with van der Waals surface area (Å²) in [5.74, 6) is -5.55. The molecule has 2 aliphatic rings. The molecule has 0 unspecified atom stereocenters. The molecule has 0 bridgehead atoms. The zero-order valence-electron chi connectivity index (χ0n) is 19.8. The number of fused-ring (bicyclic) bond motifs is 1. The van der Waals surface area contributed by atoms with Gasteiger partial charge in [-0.25, -0.2) is 4.39 Å². The molecule has 2 heterocycles. The molecule has 0 radical (unpaired) electrons. The van der Waals surface area contributed by atoms with Crippen molar-refractivity contribution in [3.63, 3.8) is 0 Å². The van der Waals surface area contributed by atoms with Gasteiger partial charge in [-0.3, -0.25) is 14.3 Å². The second kappa shape index (κ2) is 9.64. The average molecular weight is 516 g/mol. The summed E-state index contributed by atoms with van der Waals surface area (Å²) in [6, 6.07) is 9.46. The van der Waals surface area contributed by atoms with E-state index in [1.54, 1.807) is 0 Å². The summed E-state index contributed by atoms with van der Waals surface area (Å²) >= 11 is 0. The van der Waals surface area contributed by atoms with Crippen LogP contribution in [0.4, 0.5) is 23.2 Å². The van der Waals surface area contributed by atoms with E-state index in [2.05, 4.69) is 10.4 Å². The van der Waals surface area contributed by atoms with Gasteiger partial charge in [-0.15, -0.1) is 0 Å². The highest BCUT2D eigenvalue weighted by atomic mass is 19.4. The number of carbonyl (C=O) groups is 2.